The van der Waals surface area contributed by atoms with Crippen LogP contribution >= 0.6 is 11.6 Å². The minimum absolute atomic E-state index is 0.282. The highest BCUT2D eigenvalue weighted by Gasteiger charge is 2.38. The summed E-state index contributed by atoms with van der Waals surface area (Å²) in [5.41, 5.74) is 0.220. The van der Waals surface area contributed by atoms with Crippen molar-refractivity contribution in [2.24, 2.45) is 5.92 Å². The molecule has 1 fully saturated rings. The average Bonchev–Trinajstić information content (AvgIpc) is 2.40. The first-order chi connectivity index (χ1) is 8.66. The van der Waals surface area contributed by atoms with E-state index in [1.165, 1.54) is 0 Å². The smallest absolute Gasteiger partial charge is 0.0937 e. The largest absolute Gasteiger partial charge is 0.385 e. The minimum atomic E-state index is -0.743. The van der Waals surface area contributed by atoms with Gasteiger partial charge >= 0.3 is 0 Å². The van der Waals surface area contributed by atoms with Crippen LogP contribution in [0.25, 0.3) is 0 Å². The Hall–Kier alpha value is -0.570. The summed E-state index contributed by atoms with van der Waals surface area (Å²) in [7, 11) is 0. The van der Waals surface area contributed by atoms with Gasteiger partial charge in [0.15, 0.2) is 0 Å². The maximum absolute atomic E-state index is 11.1. The van der Waals surface area contributed by atoms with Crippen LogP contribution in [0.1, 0.15) is 38.2 Å². The molecule has 2 rings (SSSR count). The molecule has 0 saturated carbocycles. The molecule has 0 spiro atoms. The maximum atomic E-state index is 11.1. The fourth-order valence-electron chi connectivity index (χ4n) is 2.98. The normalized spacial score (nSPS) is 23.6. The number of piperidine rings is 1. The summed E-state index contributed by atoms with van der Waals surface area (Å²) in [4.78, 5) is 0. The molecule has 1 aromatic carbocycles. The Bertz CT molecular complexity index is 390. The number of hydrogen-bond donors (Lipinski definition) is 2. The van der Waals surface area contributed by atoms with Gasteiger partial charge in [0, 0.05) is 17.5 Å². The van der Waals surface area contributed by atoms with Crippen molar-refractivity contribution in [3.8, 4) is 0 Å². The Kier molecular flexibility index (Phi) is 4.66. The summed E-state index contributed by atoms with van der Waals surface area (Å²) in [6, 6.07) is 7.69. The van der Waals surface area contributed by atoms with Crippen molar-refractivity contribution < 1.29 is 5.11 Å². The molecule has 2 N–H and O–H groups in total. The third-order valence-electron chi connectivity index (χ3n) is 3.93. The van der Waals surface area contributed by atoms with Crippen molar-refractivity contribution in [2.45, 2.75) is 38.2 Å². The maximum Gasteiger partial charge on any atom is 0.0937 e. The van der Waals surface area contributed by atoms with Crippen LogP contribution in [0, 0.1) is 5.92 Å². The van der Waals surface area contributed by atoms with Crippen molar-refractivity contribution in [2.75, 3.05) is 13.1 Å². The first-order valence-electron chi connectivity index (χ1n) is 6.86. The Morgan fingerprint density at radius 1 is 1.50 bits per heavy atom. The molecular weight excluding hydrogens is 246 g/mol. The first kappa shape index (κ1) is 13.9. The van der Waals surface area contributed by atoms with Crippen molar-refractivity contribution in [3.05, 3.63) is 34.9 Å². The van der Waals surface area contributed by atoms with Gasteiger partial charge in [-0.05, 0) is 43.5 Å². The monoisotopic (exact) mass is 267 g/mol. The Morgan fingerprint density at radius 2 is 2.33 bits per heavy atom. The molecule has 1 aliphatic rings. The molecule has 0 amide bonds. The van der Waals surface area contributed by atoms with Crippen molar-refractivity contribution in [1.29, 1.82) is 0 Å². The van der Waals surface area contributed by atoms with E-state index in [0.29, 0.717) is 5.02 Å². The molecule has 1 heterocycles. The summed E-state index contributed by atoms with van der Waals surface area (Å²) in [6.07, 6.45) is 3.98. The van der Waals surface area contributed by atoms with Gasteiger partial charge < -0.3 is 10.4 Å². The molecule has 2 atom stereocenters. The van der Waals surface area contributed by atoms with Gasteiger partial charge in [-0.15, -0.1) is 0 Å². The topological polar surface area (TPSA) is 32.3 Å². The van der Waals surface area contributed by atoms with E-state index in [1.807, 2.05) is 24.3 Å². The number of hydrogen-bond acceptors (Lipinski definition) is 2. The molecule has 18 heavy (non-hydrogen) atoms. The summed E-state index contributed by atoms with van der Waals surface area (Å²) < 4.78 is 0. The first-order valence-corrected chi connectivity index (χ1v) is 7.23. The number of rotatable bonds is 4. The SMILES string of the molecule is CCC[C@@](O)(c1cccc(Cl)c1)[C@@H]1CCCNC1. The van der Waals surface area contributed by atoms with Gasteiger partial charge in [0.05, 0.1) is 5.60 Å². The quantitative estimate of drug-likeness (QED) is 0.877. The Morgan fingerprint density at radius 3 is 2.94 bits per heavy atom. The Labute approximate surface area is 114 Å². The molecule has 1 saturated heterocycles. The van der Waals surface area contributed by atoms with E-state index >= 15 is 0 Å². The van der Waals surface area contributed by atoms with Crippen LogP contribution in [0.3, 0.4) is 0 Å². The minimum Gasteiger partial charge on any atom is -0.385 e. The lowest BCUT2D eigenvalue weighted by molar-refractivity contribution is -0.0412. The molecule has 3 heteroatoms. The van der Waals surface area contributed by atoms with Crippen LogP contribution < -0.4 is 5.32 Å². The van der Waals surface area contributed by atoms with E-state index in [2.05, 4.69) is 12.2 Å². The molecule has 2 nitrogen and oxygen atoms in total. The molecule has 100 valence electrons. The highest BCUT2D eigenvalue weighted by atomic mass is 35.5. The zero-order chi connectivity index (χ0) is 13.0. The van der Waals surface area contributed by atoms with Crippen LogP contribution in [0.4, 0.5) is 0 Å². The van der Waals surface area contributed by atoms with Crippen LogP contribution in [-0.2, 0) is 5.60 Å². The van der Waals surface area contributed by atoms with Gasteiger partial charge in [-0.1, -0.05) is 37.1 Å². The van der Waals surface area contributed by atoms with Gasteiger partial charge in [-0.3, -0.25) is 0 Å². The van der Waals surface area contributed by atoms with Crippen LogP contribution in [0.5, 0.6) is 0 Å². The number of halogens is 1. The summed E-state index contributed by atoms with van der Waals surface area (Å²) in [6.45, 7) is 4.07. The molecule has 0 aliphatic carbocycles. The second kappa shape index (κ2) is 6.05. The zero-order valence-electron chi connectivity index (χ0n) is 11.0. The van der Waals surface area contributed by atoms with Gasteiger partial charge in [0.2, 0.25) is 0 Å². The highest BCUT2D eigenvalue weighted by molar-refractivity contribution is 6.30. The summed E-state index contributed by atoms with van der Waals surface area (Å²) in [5.74, 6) is 0.282. The second-order valence-corrected chi connectivity index (χ2v) is 5.66. The number of nitrogens with one attached hydrogen (secondary N) is 1. The van der Waals surface area contributed by atoms with Gasteiger partial charge in [0.25, 0.3) is 0 Å². The van der Waals surface area contributed by atoms with Gasteiger partial charge in [-0.25, -0.2) is 0 Å². The number of benzene rings is 1. The van der Waals surface area contributed by atoms with Gasteiger partial charge in [-0.2, -0.15) is 0 Å². The Balaban J connectivity index is 2.29. The standard InChI is InChI=1S/C15H22ClNO/c1-2-8-15(18,13-6-4-9-17-11-13)12-5-3-7-14(16)10-12/h3,5,7,10,13,17-18H,2,4,6,8-9,11H2,1H3/t13-,15-/m1/s1. The van der Waals surface area contributed by atoms with E-state index in [4.69, 9.17) is 11.6 Å². The average molecular weight is 268 g/mol. The van der Waals surface area contributed by atoms with Gasteiger partial charge in [0.1, 0.15) is 0 Å². The predicted octanol–water partition coefficient (Wildman–Crippen LogP) is 3.33. The van der Waals surface area contributed by atoms with Crippen LogP contribution in [-0.4, -0.2) is 18.2 Å². The molecule has 0 bridgehead atoms. The zero-order valence-corrected chi connectivity index (χ0v) is 11.7. The van der Waals surface area contributed by atoms with Crippen molar-refractivity contribution in [1.82, 2.24) is 5.32 Å². The van der Waals surface area contributed by atoms with E-state index < -0.39 is 5.60 Å². The van der Waals surface area contributed by atoms with E-state index in [-0.39, 0.29) is 5.92 Å². The number of aliphatic hydroxyl groups is 1. The van der Waals surface area contributed by atoms with Crippen molar-refractivity contribution in [3.63, 3.8) is 0 Å². The fourth-order valence-corrected chi connectivity index (χ4v) is 3.17. The van der Waals surface area contributed by atoms with E-state index in [0.717, 1.165) is 44.3 Å². The molecule has 0 unspecified atom stereocenters. The molecular formula is C15H22ClNO. The highest BCUT2D eigenvalue weighted by Crippen LogP contribution is 2.38. The third kappa shape index (κ3) is 2.87. The van der Waals surface area contributed by atoms with Crippen LogP contribution in [0.2, 0.25) is 5.02 Å². The summed E-state index contributed by atoms with van der Waals surface area (Å²) in [5, 5.41) is 15.2. The van der Waals surface area contributed by atoms with Crippen LogP contribution in [0.15, 0.2) is 24.3 Å². The lowest BCUT2D eigenvalue weighted by atomic mass is 9.75. The molecule has 1 aliphatic heterocycles. The lowest BCUT2D eigenvalue weighted by Gasteiger charge is -2.39. The second-order valence-electron chi connectivity index (χ2n) is 5.23. The van der Waals surface area contributed by atoms with E-state index in [9.17, 15) is 5.11 Å². The molecule has 0 aromatic heterocycles. The predicted molar refractivity (Wildman–Crippen MR) is 75.9 cm³/mol. The molecule has 0 radical (unpaired) electrons. The third-order valence-corrected chi connectivity index (χ3v) is 4.16. The van der Waals surface area contributed by atoms with E-state index in [1.54, 1.807) is 0 Å². The fraction of sp³-hybridized carbons (Fsp3) is 0.600. The lowest BCUT2D eigenvalue weighted by Crippen LogP contribution is -2.44. The molecule has 1 aromatic rings. The van der Waals surface area contributed by atoms with Crippen molar-refractivity contribution >= 4 is 11.6 Å². The summed E-state index contributed by atoms with van der Waals surface area (Å²) >= 11 is 6.06.